The van der Waals surface area contributed by atoms with Gasteiger partial charge in [0.15, 0.2) is 6.29 Å². The van der Waals surface area contributed by atoms with Gasteiger partial charge in [-0.15, -0.1) is 0 Å². The number of halogens is 1. The molecule has 0 aliphatic rings. The van der Waals surface area contributed by atoms with E-state index in [1.807, 2.05) is 48.5 Å². The summed E-state index contributed by atoms with van der Waals surface area (Å²) in [5, 5.41) is 0.718. The first kappa shape index (κ1) is 13.1. The van der Waals surface area contributed by atoms with Crippen molar-refractivity contribution in [2.75, 3.05) is 14.2 Å². The standard InChI is InChI=1S/C15H15ClO2/c1-17-15(18-2)12-8-9-14(16)13(10-12)11-6-4-3-5-7-11/h3-10,15H,1-2H3. The van der Waals surface area contributed by atoms with E-state index < -0.39 is 0 Å². The van der Waals surface area contributed by atoms with Crippen LogP contribution >= 0.6 is 11.6 Å². The Morgan fingerprint density at radius 1 is 0.944 bits per heavy atom. The summed E-state index contributed by atoms with van der Waals surface area (Å²) in [6.07, 6.45) is -0.371. The third kappa shape index (κ3) is 2.72. The molecule has 18 heavy (non-hydrogen) atoms. The number of rotatable bonds is 4. The first-order valence-electron chi connectivity index (χ1n) is 5.66. The zero-order valence-electron chi connectivity index (χ0n) is 10.4. The van der Waals surface area contributed by atoms with Gasteiger partial charge in [-0.2, -0.15) is 0 Å². The highest BCUT2D eigenvalue weighted by Crippen LogP contribution is 2.31. The molecule has 2 aromatic rings. The minimum absolute atomic E-state index is 0.371. The smallest absolute Gasteiger partial charge is 0.183 e. The van der Waals surface area contributed by atoms with Crippen molar-refractivity contribution in [3.8, 4) is 11.1 Å². The monoisotopic (exact) mass is 262 g/mol. The molecular weight excluding hydrogens is 248 g/mol. The summed E-state index contributed by atoms with van der Waals surface area (Å²) < 4.78 is 10.5. The van der Waals surface area contributed by atoms with Gasteiger partial charge < -0.3 is 9.47 Å². The van der Waals surface area contributed by atoms with Crippen molar-refractivity contribution < 1.29 is 9.47 Å². The molecule has 0 amide bonds. The average Bonchev–Trinajstić information content (AvgIpc) is 2.43. The molecule has 0 N–H and O–H groups in total. The fraction of sp³-hybridized carbons (Fsp3) is 0.200. The SMILES string of the molecule is COC(OC)c1ccc(Cl)c(-c2ccccc2)c1. The second-order valence-corrected chi connectivity index (χ2v) is 4.32. The molecule has 3 heteroatoms. The van der Waals surface area contributed by atoms with Gasteiger partial charge in [-0.25, -0.2) is 0 Å². The fourth-order valence-electron chi connectivity index (χ4n) is 1.90. The summed E-state index contributed by atoms with van der Waals surface area (Å²) in [5.41, 5.74) is 3.01. The van der Waals surface area contributed by atoms with Crippen molar-refractivity contribution in [1.82, 2.24) is 0 Å². The Hall–Kier alpha value is -1.35. The lowest BCUT2D eigenvalue weighted by atomic mass is 10.0. The maximum absolute atomic E-state index is 6.24. The number of hydrogen-bond donors (Lipinski definition) is 0. The van der Waals surface area contributed by atoms with Crippen LogP contribution in [0.3, 0.4) is 0 Å². The molecule has 0 aliphatic heterocycles. The Bertz CT molecular complexity index is 507. The predicted molar refractivity (Wildman–Crippen MR) is 73.6 cm³/mol. The zero-order chi connectivity index (χ0) is 13.0. The molecule has 0 atom stereocenters. The number of ether oxygens (including phenoxy) is 2. The van der Waals surface area contributed by atoms with E-state index in [1.165, 1.54) is 0 Å². The first-order chi connectivity index (χ1) is 8.76. The van der Waals surface area contributed by atoms with Crippen LogP contribution in [0.1, 0.15) is 11.9 Å². The van der Waals surface area contributed by atoms with Gasteiger partial charge in [0.25, 0.3) is 0 Å². The lowest BCUT2D eigenvalue weighted by molar-refractivity contribution is -0.105. The van der Waals surface area contributed by atoms with Gasteiger partial charge in [0.05, 0.1) is 0 Å². The van der Waals surface area contributed by atoms with E-state index in [9.17, 15) is 0 Å². The minimum Gasteiger partial charge on any atom is -0.352 e. The van der Waals surface area contributed by atoms with Gasteiger partial charge in [-0.3, -0.25) is 0 Å². The third-order valence-corrected chi connectivity index (χ3v) is 3.11. The molecule has 0 aliphatic carbocycles. The van der Waals surface area contributed by atoms with Crippen molar-refractivity contribution in [3.63, 3.8) is 0 Å². The van der Waals surface area contributed by atoms with E-state index in [1.54, 1.807) is 14.2 Å². The molecule has 2 rings (SSSR count). The van der Waals surface area contributed by atoms with Gasteiger partial charge in [-0.1, -0.05) is 48.0 Å². The van der Waals surface area contributed by atoms with Crippen molar-refractivity contribution in [1.29, 1.82) is 0 Å². The topological polar surface area (TPSA) is 18.5 Å². The molecule has 0 heterocycles. The molecule has 2 aromatic carbocycles. The Labute approximate surface area is 112 Å². The van der Waals surface area contributed by atoms with E-state index >= 15 is 0 Å². The van der Waals surface area contributed by atoms with Crippen LogP contribution in [0.4, 0.5) is 0 Å². The molecule has 0 aromatic heterocycles. The summed E-state index contributed by atoms with van der Waals surface area (Å²) in [5.74, 6) is 0. The van der Waals surface area contributed by atoms with Gasteiger partial charge in [0.2, 0.25) is 0 Å². The van der Waals surface area contributed by atoms with Gasteiger partial charge in [0.1, 0.15) is 0 Å². The molecule has 0 fully saturated rings. The number of methoxy groups -OCH3 is 2. The second kappa shape index (κ2) is 6.01. The summed E-state index contributed by atoms with van der Waals surface area (Å²) in [6.45, 7) is 0. The normalized spacial score (nSPS) is 10.9. The summed E-state index contributed by atoms with van der Waals surface area (Å²) in [7, 11) is 3.23. The lowest BCUT2D eigenvalue weighted by Crippen LogP contribution is -2.03. The molecule has 0 saturated heterocycles. The summed E-state index contributed by atoms with van der Waals surface area (Å²) >= 11 is 6.24. The van der Waals surface area contributed by atoms with Crippen LogP contribution in [0.5, 0.6) is 0 Å². The van der Waals surface area contributed by atoms with Crippen LogP contribution in [0.15, 0.2) is 48.5 Å². The van der Waals surface area contributed by atoms with Crippen molar-refractivity contribution in [3.05, 3.63) is 59.1 Å². The van der Waals surface area contributed by atoms with Crippen LogP contribution in [0.2, 0.25) is 5.02 Å². The molecule has 0 radical (unpaired) electrons. The van der Waals surface area contributed by atoms with E-state index in [-0.39, 0.29) is 6.29 Å². The van der Waals surface area contributed by atoms with Crippen LogP contribution in [0.25, 0.3) is 11.1 Å². The summed E-state index contributed by atoms with van der Waals surface area (Å²) in [6, 6.07) is 15.8. The van der Waals surface area contributed by atoms with Crippen LogP contribution in [-0.2, 0) is 9.47 Å². The largest absolute Gasteiger partial charge is 0.352 e. The Morgan fingerprint density at radius 3 is 2.22 bits per heavy atom. The molecular formula is C15H15ClO2. The average molecular weight is 263 g/mol. The quantitative estimate of drug-likeness (QED) is 0.765. The Balaban J connectivity index is 2.45. The lowest BCUT2D eigenvalue weighted by Gasteiger charge is -2.15. The maximum Gasteiger partial charge on any atom is 0.183 e. The highest BCUT2D eigenvalue weighted by atomic mass is 35.5. The number of benzene rings is 2. The molecule has 0 unspecified atom stereocenters. The maximum atomic E-state index is 6.24. The Morgan fingerprint density at radius 2 is 1.61 bits per heavy atom. The highest BCUT2D eigenvalue weighted by molar-refractivity contribution is 6.33. The van der Waals surface area contributed by atoms with E-state index in [4.69, 9.17) is 21.1 Å². The molecule has 0 saturated carbocycles. The zero-order valence-corrected chi connectivity index (χ0v) is 11.1. The van der Waals surface area contributed by atoms with Crippen molar-refractivity contribution in [2.24, 2.45) is 0 Å². The van der Waals surface area contributed by atoms with Gasteiger partial charge in [-0.05, 0) is 17.7 Å². The summed E-state index contributed by atoms with van der Waals surface area (Å²) in [4.78, 5) is 0. The van der Waals surface area contributed by atoms with Crippen LogP contribution in [0, 0.1) is 0 Å². The molecule has 2 nitrogen and oxygen atoms in total. The molecule has 0 bridgehead atoms. The van der Waals surface area contributed by atoms with E-state index in [0.717, 1.165) is 21.7 Å². The van der Waals surface area contributed by atoms with Gasteiger partial charge >= 0.3 is 0 Å². The van der Waals surface area contributed by atoms with E-state index in [2.05, 4.69) is 0 Å². The minimum atomic E-state index is -0.371. The van der Waals surface area contributed by atoms with Gasteiger partial charge in [0, 0.05) is 30.4 Å². The van der Waals surface area contributed by atoms with Crippen molar-refractivity contribution >= 4 is 11.6 Å². The third-order valence-electron chi connectivity index (χ3n) is 2.78. The highest BCUT2D eigenvalue weighted by Gasteiger charge is 2.12. The molecule has 94 valence electrons. The second-order valence-electron chi connectivity index (χ2n) is 3.91. The first-order valence-corrected chi connectivity index (χ1v) is 6.04. The van der Waals surface area contributed by atoms with E-state index in [0.29, 0.717) is 0 Å². The Kier molecular flexibility index (Phi) is 4.37. The predicted octanol–water partition coefficient (Wildman–Crippen LogP) is 4.30. The fourth-order valence-corrected chi connectivity index (χ4v) is 2.12. The number of hydrogen-bond acceptors (Lipinski definition) is 2. The van der Waals surface area contributed by atoms with Crippen LogP contribution in [-0.4, -0.2) is 14.2 Å². The van der Waals surface area contributed by atoms with Crippen molar-refractivity contribution in [2.45, 2.75) is 6.29 Å². The molecule has 0 spiro atoms. The van der Waals surface area contributed by atoms with Crippen LogP contribution < -0.4 is 0 Å².